The first kappa shape index (κ1) is 27.9. The summed E-state index contributed by atoms with van der Waals surface area (Å²) in [5.41, 5.74) is 0.890. The van der Waals surface area contributed by atoms with Crippen molar-refractivity contribution in [3.05, 3.63) is 71.7 Å². The third-order valence-corrected chi connectivity index (χ3v) is 8.60. The Morgan fingerprint density at radius 3 is 2.53 bits per heavy atom. The van der Waals surface area contributed by atoms with Crippen LogP contribution < -0.4 is 19.5 Å². The number of aryl methyl sites for hydroxylation is 1. The Bertz CT molecular complexity index is 1410. The van der Waals surface area contributed by atoms with E-state index in [9.17, 15) is 17.6 Å². The maximum atomic E-state index is 14.0. The van der Waals surface area contributed by atoms with Crippen LogP contribution in [0.1, 0.15) is 41.6 Å². The zero-order chi connectivity index (χ0) is 27.3. The largest absolute Gasteiger partial charge is 0.495 e. The minimum atomic E-state index is -3.78. The third kappa shape index (κ3) is 6.83. The number of methoxy groups -OCH3 is 1. The molecule has 202 valence electrons. The van der Waals surface area contributed by atoms with Crippen molar-refractivity contribution in [2.75, 3.05) is 13.4 Å². The zero-order valence-electron chi connectivity index (χ0n) is 21.4. The molecule has 0 unspecified atom stereocenters. The predicted molar refractivity (Wildman–Crippen MR) is 144 cm³/mol. The highest BCUT2D eigenvalue weighted by Crippen LogP contribution is 2.29. The van der Waals surface area contributed by atoms with Crippen molar-refractivity contribution in [3.63, 3.8) is 0 Å². The Balaban J connectivity index is 1.38. The second-order valence-electron chi connectivity index (χ2n) is 9.08. The Hall–Kier alpha value is -3.15. The van der Waals surface area contributed by atoms with E-state index in [0.717, 1.165) is 22.7 Å². The number of thioether (sulfide) groups is 1. The summed E-state index contributed by atoms with van der Waals surface area (Å²) in [4.78, 5) is 18.1. The topological polar surface area (TPSA) is 107 Å². The highest BCUT2D eigenvalue weighted by molar-refractivity contribution is 7.98. The molecule has 2 N–H and O–H groups in total. The molecule has 3 aromatic rings. The Kier molecular flexibility index (Phi) is 8.91. The number of benzene rings is 2. The highest BCUT2D eigenvalue weighted by atomic mass is 32.2. The van der Waals surface area contributed by atoms with E-state index < -0.39 is 21.7 Å². The SMILES string of the molecule is COc1cc(C)ccc1S(=O)(=O)NC1CCC(NC(=O)c2cc(F)cnc2Oc2cccc(SC)c2)CC1. The quantitative estimate of drug-likeness (QED) is 0.353. The normalized spacial score (nSPS) is 17.6. The molecule has 0 aliphatic heterocycles. The van der Waals surface area contributed by atoms with Crippen molar-refractivity contribution >= 4 is 27.7 Å². The molecule has 0 saturated heterocycles. The fourth-order valence-electron chi connectivity index (χ4n) is 4.35. The van der Waals surface area contributed by atoms with Crippen molar-refractivity contribution in [3.8, 4) is 17.4 Å². The number of aromatic nitrogens is 1. The number of hydrogen-bond donors (Lipinski definition) is 2. The molecule has 0 spiro atoms. The van der Waals surface area contributed by atoms with Gasteiger partial charge in [-0.2, -0.15) is 0 Å². The highest BCUT2D eigenvalue weighted by Gasteiger charge is 2.29. The fraction of sp³-hybridized carbons (Fsp3) is 0.333. The molecule has 1 aromatic heterocycles. The molecule has 1 heterocycles. The molecule has 0 radical (unpaired) electrons. The van der Waals surface area contributed by atoms with Gasteiger partial charge in [0.05, 0.1) is 13.3 Å². The van der Waals surface area contributed by atoms with Crippen LogP contribution in [0.3, 0.4) is 0 Å². The first-order valence-corrected chi connectivity index (χ1v) is 14.8. The Morgan fingerprint density at radius 2 is 1.82 bits per heavy atom. The number of nitrogens with zero attached hydrogens (tertiary/aromatic N) is 1. The van der Waals surface area contributed by atoms with E-state index in [1.165, 1.54) is 13.2 Å². The number of carbonyl (C=O) groups is 1. The summed E-state index contributed by atoms with van der Waals surface area (Å²) in [6.07, 6.45) is 5.12. The lowest BCUT2D eigenvalue weighted by Crippen LogP contribution is -2.43. The number of rotatable bonds is 9. The summed E-state index contributed by atoms with van der Waals surface area (Å²) >= 11 is 1.55. The number of ether oxygens (including phenoxy) is 2. The number of halogens is 1. The van der Waals surface area contributed by atoms with E-state index in [1.807, 2.05) is 31.4 Å². The molecule has 1 saturated carbocycles. The van der Waals surface area contributed by atoms with Gasteiger partial charge >= 0.3 is 0 Å². The van der Waals surface area contributed by atoms with Gasteiger partial charge in [0, 0.05) is 17.0 Å². The number of pyridine rings is 1. The van der Waals surface area contributed by atoms with E-state index in [2.05, 4.69) is 15.0 Å². The van der Waals surface area contributed by atoms with Gasteiger partial charge in [0.1, 0.15) is 27.8 Å². The van der Waals surface area contributed by atoms with Crippen molar-refractivity contribution in [1.29, 1.82) is 0 Å². The lowest BCUT2D eigenvalue weighted by molar-refractivity contribution is 0.0921. The van der Waals surface area contributed by atoms with E-state index in [-0.39, 0.29) is 28.4 Å². The molecule has 2 aromatic carbocycles. The second-order valence-corrected chi connectivity index (χ2v) is 11.6. The van der Waals surface area contributed by atoms with Gasteiger partial charge in [-0.3, -0.25) is 4.79 Å². The lowest BCUT2D eigenvalue weighted by Gasteiger charge is -2.29. The van der Waals surface area contributed by atoms with Gasteiger partial charge in [-0.25, -0.2) is 22.5 Å². The summed E-state index contributed by atoms with van der Waals surface area (Å²) in [7, 11) is -2.34. The van der Waals surface area contributed by atoms with Crippen molar-refractivity contribution in [2.45, 2.75) is 54.5 Å². The summed E-state index contributed by atoms with van der Waals surface area (Å²) in [5, 5.41) is 2.92. The monoisotopic (exact) mass is 559 g/mol. The molecule has 1 aliphatic carbocycles. The Morgan fingerprint density at radius 1 is 1.08 bits per heavy atom. The maximum absolute atomic E-state index is 14.0. The minimum absolute atomic E-state index is 0.00570. The van der Waals surface area contributed by atoms with Gasteiger partial charge in [-0.05, 0) is 80.8 Å². The smallest absolute Gasteiger partial charge is 0.257 e. The minimum Gasteiger partial charge on any atom is -0.495 e. The van der Waals surface area contributed by atoms with Gasteiger partial charge in [0.15, 0.2) is 0 Å². The molecule has 1 fully saturated rings. The Labute approximate surface area is 226 Å². The van der Waals surface area contributed by atoms with Crippen LogP contribution in [0.4, 0.5) is 4.39 Å². The van der Waals surface area contributed by atoms with E-state index in [1.54, 1.807) is 30.0 Å². The third-order valence-electron chi connectivity index (χ3n) is 6.31. The first-order chi connectivity index (χ1) is 18.2. The van der Waals surface area contributed by atoms with Gasteiger partial charge < -0.3 is 14.8 Å². The summed E-state index contributed by atoms with van der Waals surface area (Å²) < 4.78 is 53.8. The van der Waals surface area contributed by atoms with Gasteiger partial charge in [-0.15, -0.1) is 11.8 Å². The number of nitrogens with one attached hydrogen (secondary N) is 2. The summed E-state index contributed by atoms with van der Waals surface area (Å²) in [6, 6.07) is 12.9. The van der Waals surface area contributed by atoms with Crippen LogP contribution in [-0.2, 0) is 10.0 Å². The van der Waals surface area contributed by atoms with Crippen LogP contribution in [0.25, 0.3) is 0 Å². The van der Waals surface area contributed by atoms with Crippen LogP contribution >= 0.6 is 11.8 Å². The van der Waals surface area contributed by atoms with Gasteiger partial charge in [0.25, 0.3) is 5.91 Å². The van der Waals surface area contributed by atoms with E-state index in [4.69, 9.17) is 9.47 Å². The van der Waals surface area contributed by atoms with E-state index >= 15 is 0 Å². The predicted octanol–water partition coefficient (Wildman–Crippen LogP) is 5.07. The maximum Gasteiger partial charge on any atom is 0.257 e. The average Bonchev–Trinajstić information content (AvgIpc) is 2.90. The number of amides is 1. The molecule has 1 amide bonds. The standard InChI is InChI=1S/C27H30FN3O5S2/c1-17-7-12-25(24(13-17)35-2)38(33,34)31-20-10-8-19(9-11-20)30-26(32)23-14-18(28)16-29-27(23)36-21-5-4-6-22(15-21)37-3/h4-7,12-16,19-20,31H,8-11H2,1-3H3,(H,30,32). The molecule has 0 bridgehead atoms. The van der Waals surface area contributed by atoms with Crippen molar-refractivity contribution in [2.24, 2.45) is 0 Å². The average molecular weight is 560 g/mol. The van der Waals surface area contributed by atoms with Crippen molar-refractivity contribution in [1.82, 2.24) is 15.0 Å². The van der Waals surface area contributed by atoms with Crippen LogP contribution in [0.5, 0.6) is 17.4 Å². The van der Waals surface area contributed by atoms with Gasteiger partial charge in [-0.1, -0.05) is 12.1 Å². The lowest BCUT2D eigenvalue weighted by atomic mass is 9.91. The number of hydrogen-bond acceptors (Lipinski definition) is 7. The summed E-state index contributed by atoms with van der Waals surface area (Å²) in [5.74, 6) is -0.356. The number of sulfonamides is 1. The van der Waals surface area contributed by atoms with Crippen LogP contribution in [0, 0.1) is 12.7 Å². The molecular formula is C27H30FN3O5S2. The molecule has 38 heavy (non-hydrogen) atoms. The fourth-order valence-corrected chi connectivity index (χ4v) is 6.25. The van der Waals surface area contributed by atoms with Gasteiger partial charge in [0.2, 0.25) is 15.9 Å². The van der Waals surface area contributed by atoms with Crippen molar-refractivity contribution < 1.29 is 27.1 Å². The molecule has 11 heteroatoms. The van der Waals surface area contributed by atoms with Crippen LogP contribution in [0.15, 0.2) is 64.5 Å². The summed E-state index contributed by atoms with van der Waals surface area (Å²) in [6.45, 7) is 1.86. The molecule has 8 nitrogen and oxygen atoms in total. The molecular weight excluding hydrogens is 529 g/mol. The van der Waals surface area contributed by atoms with Crippen LogP contribution in [0.2, 0.25) is 0 Å². The molecule has 1 aliphatic rings. The molecule has 0 atom stereocenters. The first-order valence-electron chi connectivity index (χ1n) is 12.1. The van der Waals surface area contributed by atoms with E-state index in [0.29, 0.717) is 37.2 Å². The molecule has 4 rings (SSSR count). The zero-order valence-corrected chi connectivity index (χ0v) is 23.0. The second kappa shape index (κ2) is 12.1. The van der Waals surface area contributed by atoms with Crippen LogP contribution in [-0.4, -0.2) is 44.8 Å². The number of carbonyl (C=O) groups excluding carboxylic acids is 1.